The third kappa shape index (κ3) is 2.12. The Morgan fingerprint density at radius 2 is 1.70 bits per heavy atom. The van der Waals surface area contributed by atoms with E-state index in [9.17, 15) is 0 Å². The van der Waals surface area contributed by atoms with E-state index in [1.807, 2.05) is 45.9 Å². The second-order valence-electron chi connectivity index (χ2n) is 6.16. The van der Waals surface area contributed by atoms with Crippen LogP contribution in [0.25, 0.3) is 10.9 Å². The molecule has 2 heterocycles. The minimum Gasteiger partial charge on any atom is -0.399 e. The molecule has 1 aliphatic heterocycles. The van der Waals surface area contributed by atoms with Crippen LogP contribution < -0.4 is 5.46 Å². The van der Waals surface area contributed by atoms with Gasteiger partial charge >= 0.3 is 7.12 Å². The fourth-order valence-corrected chi connectivity index (χ4v) is 2.46. The van der Waals surface area contributed by atoms with Crippen LogP contribution in [0.5, 0.6) is 0 Å². The molecule has 0 saturated carbocycles. The summed E-state index contributed by atoms with van der Waals surface area (Å²) in [7, 11) is -0.374. The summed E-state index contributed by atoms with van der Waals surface area (Å²) in [5, 5.41) is 1.61. The Balaban J connectivity index is 2.02. The Bertz CT molecular complexity index is 656. The molecule has 2 aromatic rings. The topological polar surface area (TPSA) is 31.4 Å². The van der Waals surface area contributed by atoms with Crippen molar-refractivity contribution in [2.75, 3.05) is 0 Å². The summed E-state index contributed by atoms with van der Waals surface area (Å²) < 4.78 is 12.1. The maximum atomic E-state index is 6.23. The summed E-state index contributed by atoms with van der Waals surface area (Å²) >= 11 is 6.23. The van der Waals surface area contributed by atoms with E-state index in [-0.39, 0.29) is 18.3 Å². The predicted octanol–water partition coefficient (Wildman–Crippen LogP) is 3.19. The minimum absolute atomic E-state index is 0.342. The highest BCUT2D eigenvalue weighted by molar-refractivity contribution is 6.62. The Labute approximate surface area is 124 Å². The highest BCUT2D eigenvalue weighted by atomic mass is 35.5. The Morgan fingerprint density at radius 3 is 2.35 bits per heavy atom. The summed E-state index contributed by atoms with van der Waals surface area (Å²) in [5.41, 5.74) is 1.15. The largest absolute Gasteiger partial charge is 0.494 e. The number of rotatable bonds is 1. The lowest BCUT2D eigenvalue weighted by Gasteiger charge is -2.32. The molecular formula is C15H17BClNO2. The van der Waals surface area contributed by atoms with E-state index in [1.54, 1.807) is 12.3 Å². The normalized spacial score (nSPS) is 20.6. The highest BCUT2D eigenvalue weighted by Crippen LogP contribution is 2.36. The summed E-state index contributed by atoms with van der Waals surface area (Å²) in [6, 6.07) is 7.71. The number of nitrogens with zero attached hydrogens (tertiary/aromatic N) is 1. The highest BCUT2D eigenvalue weighted by Gasteiger charge is 2.51. The van der Waals surface area contributed by atoms with Crippen LogP contribution in [0.3, 0.4) is 0 Å². The molecule has 3 nitrogen and oxygen atoms in total. The van der Waals surface area contributed by atoms with Crippen molar-refractivity contribution in [1.29, 1.82) is 0 Å². The van der Waals surface area contributed by atoms with Crippen molar-refractivity contribution in [1.82, 2.24) is 4.98 Å². The van der Waals surface area contributed by atoms with E-state index in [1.165, 1.54) is 0 Å². The molecule has 1 fully saturated rings. The van der Waals surface area contributed by atoms with Gasteiger partial charge in [-0.25, -0.2) is 0 Å². The number of hydrogen-bond donors (Lipinski definition) is 0. The smallest absolute Gasteiger partial charge is 0.399 e. The van der Waals surface area contributed by atoms with Crippen LogP contribution in [0, 0.1) is 0 Å². The van der Waals surface area contributed by atoms with Crippen LogP contribution >= 0.6 is 11.6 Å². The summed E-state index contributed by atoms with van der Waals surface area (Å²) in [5.74, 6) is 0. The molecule has 0 spiro atoms. The number of aromatic nitrogens is 1. The SMILES string of the molecule is CC1(C)OB(c2ccc3nccc(Cl)c3c2)OC1(C)C. The van der Waals surface area contributed by atoms with Crippen LogP contribution in [0.2, 0.25) is 5.02 Å². The second kappa shape index (κ2) is 4.45. The van der Waals surface area contributed by atoms with Gasteiger partial charge in [0.25, 0.3) is 0 Å². The van der Waals surface area contributed by atoms with E-state index >= 15 is 0 Å². The van der Waals surface area contributed by atoms with Gasteiger partial charge in [-0.2, -0.15) is 0 Å². The first kappa shape index (κ1) is 13.9. The standard InChI is InChI=1S/C15H17BClNO2/c1-14(2)15(3,4)20-16(19-14)10-5-6-13-11(9-10)12(17)7-8-18-13/h5-9H,1-4H3. The van der Waals surface area contributed by atoms with Crippen LogP contribution in [0.4, 0.5) is 0 Å². The van der Waals surface area contributed by atoms with E-state index in [2.05, 4.69) is 4.98 Å². The van der Waals surface area contributed by atoms with Crippen LogP contribution in [0.15, 0.2) is 30.5 Å². The Hall–Kier alpha value is -1.10. The molecular weight excluding hydrogens is 272 g/mol. The van der Waals surface area contributed by atoms with Gasteiger partial charge in [0, 0.05) is 11.6 Å². The maximum Gasteiger partial charge on any atom is 0.494 e. The molecule has 5 heteroatoms. The zero-order valence-corrected chi connectivity index (χ0v) is 12.9. The van der Waals surface area contributed by atoms with E-state index < -0.39 is 0 Å². The first-order valence-electron chi connectivity index (χ1n) is 6.70. The van der Waals surface area contributed by atoms with Crippen molar-refractivity contribution in [2.24, 2.45) is 0 Å². The molecule has 20 heavy (non-hydrogen) atoms. The minimum atomic E-state index is -0.374. The van der Waals surface area contributed by atoms with Gasteiger partial charge in [0.2, 0.25) is 0 Å². The number of pyridine rings is 1. The third-order valence-corrected chi connectivity index (χ3v) is 4.57. The van der Waals surface area contributed by atoms with Crippen molar-refractivity contribution in [3.8, 4) is 0 Å². The monoisotopic (exact) mass is 289 g/mol. The number of benzene rings is 1. The Morgan fingerprint density at radius 1 is 1.05 bits per heavy atom. The van der Waals surface area contributed by atoms with Crippen molar-refractivity contribution >= 4 is 35.1 Å². The first-order valence-corrected chi connectivity index (χ1v) is 7.08. The van der Waals surface area contributed by atoms with E-state index in [0.717, 1.165) is 16.4 Å². The summed E-state index contributed by atoms with van der Waals surface area (Å²) in [4.78, 5) is 4.30. The molecule has 0 unspecified atom stereocenters. The molecule has 0 radical (unpaired) electrons. The zero-order chi connectivity index (χ0) is 14.5. The van der Waals surface area contributed by atoms with Gasteiger partial charge in [-0.05, 0) is 45.3 Å². The average Bonchev–Trinajstić information content (AvgIpc) is 2.59. The molecule has 0 aliphatic carbocycles. The van der Waals surface area contributed by atoms with Gasteiger partial charge in [0.05, 0.1) is 21.7 Å². The van der Waals surface area contributed by atoms with Crippen molar-refractivity contribution in [3.63, 3.8) is 0 Å². The molecule has 1 aromatic heterocycles. The molecule has 104 valence electrons. The molecule has 3 rings (SSSR count). The maximum absolute atomic E-state index is 6.23. The van der Waals surface area contributed by atoms with Gasteiger partial charge in [0.15, 0.2) is 0 Å². The number of halogens is 1. The predicted molar refractivity (Wildman–Crippen MR) is 82.5 cm³/mol. The first-order chi connectivity index (χ1) is 9.30. The van der Waals surface area contributed by atoms with E-state index in [4.69, 9.17) is 20.9 Å². The molecule has 0 atom stereocenters. The van der Waals surface area contributed by atoms with Crippen LogP contribution in [-0.2, 0) is 9.31 Å². The molecule has 1 aliphatic rings. The summed E-state index contributed by atoms with van der Waals surface area (Å²) in [6.45, 7) is 8.18. The second-order valence-corrected chi connectivity index (χ2v) is 6.56. The lowest BCUT2D eigenvalue weighted by atomic mass is 9.78. The lowest BCUT2D eigenvalue weighted by Crippen LogP contribution is -2.41. The van der Waals surface area contributed by atoms with Crippen LogP contribution in [0.1, 0.15) is 27.7 Å². The van der Waals surface area contributed by atoms with E-state index in [0.29, 0.717) is 5.02 Å². The molecule has 1 saturated heterocycles. The fraction of sp³-hybridized carbons (Fsp3) is 0.400. The van der Waals surface area contributed by atoms with Gasteiger partial charge in [0.1, 0.15) is 0 Å². The van der Waals surface area contributed by atoms with Gasteiger partial charge < -0.3 is 9.31 Å². The zero-order valence-electron chi connectivity index (χ0n) is 12.1. The van der Waals surface area contributed by atoms with Crippen molar-refractivity contribution < 1.29 is 9.31 Å². The molecule has 1 aromatic carbocycles. The van der Waals surface area contributed by atoms with Gasteiger partial charge in [-0.3, -0.25) is 4.98 Å². The number of hydrogen-bond acceptors (Lipinski definition) is 3. The molecule has 0 N–H and O–H groups in total. The molecule has 0 bridgehead atoms. The third-order valence-electron chi connectivity index (χ3n) is 4.24. The Kier molecular flexibility index (Phi) is 3.09. The fourth-order valence-electron chi connectivity index (χ4n) is 2.26. The lowest BCUT2D eigenvalue weighted by molar-refractivity contribution is 0.00578. The summed E-state index contributed by atoms with van der Waals surface area (Å²) in [6.07, 6.45) is 1.71. The quantitative estimate of drug-likeness (QED) is 0.756. The number of fused-ring (bicyclic) bond motifs is 1. The van der Waals surface area contributed by atoms with Gasteiger partial charge in [-0.1, -0.05) is 23.7 Å². The van der Waals surface area contributed by atoms with Crippen molar-refractivity contribution in [3.05, 3.63) is 35.5 Å². The average molecular weight is 290 g/mol. The van der Waals surface area contributed by atoms with Crippen molar-refractivity contribution in [2.45, 2.75) is 38.9 Å². The van der Waals surface area contributed by atoms with Crippen LogP contribution in [-0.4, -0.2) is 23.3 Å². The van der Waals surface area contributed by atoms with Gasteiger partial charge in [-0.15, -0.1) is 0 Å². The molecule has 0 amide bonds.